The van der Waals surface area contributed by atoms with Crippen LogP contribution in [0.25, 0.3) is 10.9 Å². The minimum absolute atomic E-state index is 0.0331. The summed E-state index contributed by atoms with van der Waals surface area (Å²) in [5, 5.41) is 1.20. The number of aromatic amines is 1. The van der Waals surface area contributed by atoms with Crippen molar-refractivity contribution in [2.75, 3.05) is 13.1 Å². The van der Waals surface area contributed by atoms with Gasteiger partial charge in [-0.3, -0.25) is 4.79 Å². The molecule has 2 heterocycles. The van der Waals surface area contributed by atoms with Crippen LogP contribution in [-0.4, -0.2) is 28.9 Å². The molecule has 0 radical (unpaired) electrons. The zero-order chi connectivity index (χ0) is 23.3. The van der Waals surface area contributed by atoms with Crippen molar-refractivity contribution >= 4 is 16.8 Å². The van der Waals surface area contributed by atoms with Gasteiger partial charge in [0.05, 0.1) is 0 Å². The highest BCUT2D eigenvalue weighted by Crippen LogP contribution is 2.36. The Hall–Kier alpha value is -3.53. The van der Waals surface area contributed by atoms with Crippen LogP contribution in [0.4, 0.5) is 0 Å². The fourth-order valence-corrected chi connectivity index (χ4v) is 5.06. The largest absolute Gasteiger partial charge is 0.489 e. The summed E-state index contributed by atoms with van der Waals surface area (Å²) in [6, 6.07) is 24.9. The van der Waals surface area contributed by atoms with Crippen molar-refractivity contribution in [2.24, 2.45) is 0 Å². The molecule has 0 saturated carbocycles. The van der Waals surface area contributed by atoms with E-state index in [1.807, 2.05) is 35.2 Å². The maximum atomic E-state index is 13.3. The summed E-state index contributed by atoms with van der Waals surface area (Å²) in [5.74, 6) is 1.03. The number of para-hydroxylation sites is 1. The van der Waals surface area contributed by atoms with E-state index in [1.54, 1.807) is 0 Å². The number of hydrogen-bond acceptors (Lipinski definition) is 2. The molecule has 1 amide bonds. The highest BCUT2D eigenvalue weighted by Gasteiger charge is 2.26. The van der Waals surface area contributed by atoms with Gasteiger partial charge in [-0.15, -0.1) is 0 Å². The average Bonchev–Trinajstić information content (AvgIpc) is 3.57. The fourth-order valence-electron chi connectivity index (χ4n) is 5.06. The van der Waals surface area contributed by atoms with Gasteiger partial charge in [0.25, 0.3) is 0 Å². The van der Waals surface area contributed by atoms with Crippen LogP contribution in [0.3, 0.4) is 0 Å². The van der Waals surface area contributed by atoms with E-state index in [4.69, 9.17) is 4.74 Å². The molecule has 4 aromatic rings. The van der Waals surface area contributed by atoms with Crippen LogP contribution in [-0.2, 0) is 17.8 Å². The van der Waals surface area contributed by atoms with Crippen LogP contribution in [0.15, 0.2) is 79.0 Å². The zero-order valence-electron chi connectivity index (χ0n) is 19.8. The predicted molar refractivity (Wildman–Crippen MR) is 137 cm³/mol. The van der Waals surface area contributed by atoms with Crippen LogP contribution >= 0.6 is 0 Å². The molecule has 1 saturated heterocycles. The van der Waals surface area contributed by atoms with Gasteiger partial charge in [0.15, 0.2) is 0 Å². The number of nitrogens with zero attached hydrogens (tertiary/aromatic N) is 1. The summed E-state index contributed by atoms with van der Waals surface area (Å²) in [4.78, 5) is 18.8. The van der Waals surface area contributed by atoms with E-state index < -0.39 is 0 Å². The zero-order valence-corrected chi connectivity index (χ0v) is 19.8. The van der Waals surface area contributed by atoms with Gasteiger partial charge in [-0.2, -0.15) is 0 Å². The number of benzene rings is 3. The number of aryl methyl sites for hydroxylation is 1. The molecule has 34 heavy (non-hydrogen) atoms. The summed E-state index contributed by atoms with van der Waals surface area (Å²) in [5.41, 5.74) is 5.90. The molecule has 1 aromatic heterocycles. The minimum atomic E-state index is -0.0331. The molecule has 4 heteroatoms. The first-order valence-electron chi connectivity index (χ1n) is 12.4. The third-order valence-corrected chi connectivity index (χ3v) is 6.94. The molecule has 0 bridgehead atoms. The third kappa shape index (κ3) is 4.72. The maximum absolute atomic E-state index is 13.3. The first-order valence-corrected chi connectivity index (χ1v) is 12.4. The van der Waals surface area contributed by atoms with Crippen molar-refractivity contribution < 1.29 is 9.53 Å². The molecule has 1 aliphatic heterocycles. The van der Waals surface area contributed by atoms with E-state index in [2.05, 4.69) is 60.6 Å². The number of nitrogens with one attached hydrogen (secondary N) is 1. The Kier molecular flexibility index (Phi) is 6.66. The molecule has 1 N–H and O–H groups in total. The van der Waals surface area contributed by atoms with Gasteiger partial charge in [-0.1, -0.05) is 67.6 Å². The maximum Gasteiger partial charge on any atom is 0.223 e. The van der Waals surface area contributed by atoms with Crippen molar-refractivity contribution in [1.29, 1.82) is 0 Å². The molecular formula is C30H32N2O2. The predicted octanol–water partition coefficient (Wildman–Crippen LogP) is 6.45. The monoisotopic (exact) mass is 452 g/mol. The number of rotatable bonds is 8. The van der Waals surface area contributed by atoms with Crippen molar-refractivity contribution in [2.45, 2.75) is 45.1 Å². The Balaban J connectivity index is 1.48. The number of aromatic nitrogens is 1. The molecule has 3 aromatic carbocycles. The van der Waals surface area contributed by atoms with Crippen molar-refractivity contribution in [3.63, 3.8) is 0 Å². The highest BCUT2D eigenvalue weighted by atomic mass is 16.5. The number of ether oxygens (including phenoxy) is 1. The van der Waals surface area contributed by atoms with E-state index in [-0.39, 0.29) is 11.8 Å². The van der Waals surface area contributed by atoms with Crippen LogP contribution in [0.2, 0.25) is 0 Å². The van der Waals surface area contributed by atoms with E-state index >= 15 is 0 Å². The van der Waals surface area contributed by atoms with Crippen LogP contribution in [0.5, 0.6) is 5.75 Å². The molecule has 1 unspecified atom stereocenters. The smallest absolute Gasteiger partial charge is 0.223 e. The fraction of sp³-hybridized carbons (Fsp3) is 0.300. The van der Waals surface area contributed by atoms with Crippen LogP contribution < -0.4 is 4.74 Å². The second-order valence-electron chi connectivity index (χ2n) is 9.13. The lowest BCUT2D eigenvalue weighted by molar-refractivity contribution is -0.130. The standard InChI is InChI=1S/C30H32N2O2/c1-2-23-12-9-15-26-28(20-31-30(23)26)27(19-29(33)32-16-6-7-17-32)24-13-8-14-25(18-24)34-21-22-10-4-3-5-11-22/h3-5,8-15,18,20,27,31H,2,6-7,16-17,19,21H2,1H3. The highest BCUT2D eigenvalue weighted by molar-refractivity contribution is 5.88. The number of carbonyl (C=O) groups excluding carboxylic acids is 1. The first kappa shape index (κ1) is 22.3. The topological polar surface area (TPSA) is 45.3 Å². The Labute approximate surface area is 201 Å². The summed E-state index contributed by atoms with van der Waals surface area (Å²) < 4.78 is 6.13. The van der Waals surface area contributed by atoms with E-state index in [9.17, 15) is 4.79 Å². The lowest BCUT2D eigenvalue weighted by Gasteiger charge is -2.22. The summed E-state index contributed by atoms with van der Waals surface area (Å²) >= 11 is 0. The van der Waals surface area contributed by atoms with Gasteiger partial charge in [-0.05, 0) is 53.6 Å². The Bertz CT molecular complexity index is 1260. The molecule has 0 spiro atoms. The molecule has 1 aliphatic rings. The number of hydrogen-bond donors (Lipinski definition) is 1. The summed E-state index contributed by atoms with van der Waals surface area (Å²) in [6.07, 6.45) is 5.74. The Morgan fingerprint density at radius 3 is 2.59 bits per heavy atom. The number of H-pyrrole nitrogens is 1. The Morgan fingerprint density at radius 2 is 1.79 bits per heavy atom. The van der Waals surface area contributed by atoms with Gasteiger partial charge >= 0.3 is 0 Å². The first-order chi connectivity index (χ1) is 16.7. The molecular weight excluding hydrogens is 420 g/mol. The van der Waals surface area contributed by atoms with Crippen LogP contribution in [0, 0.1) is 0 Å². The SMILES string of the molecule is CCc1cccc2c(C(CC(=O)N3CCCC3)c3cccc(OCc4ccccc4)c3)c[nH]c12. The van der Waals surface area contributed by atoms with E-state index in [0.717, 1.165) is 49.2 Å². The molecule has 1 atom stereocenters. The van der Waals surface area contributed by atoms with Crippen molar-refractivity contribution in [3.05, 3.63) is 101 Å². The Morgan fingerprint density at radius 1 is 1.00 bits per heavy atom. The number of fused-ring (bicyclic) bond motifs is 1. The average molecular weight is 453 g/mol. The molecule has 0 aliphatic carbocycles. The van der Waals surface area contributed by atoms with E-state index in [0.29, 0.717) is 13.0 Å². The van der Waals surface area contributed by atoms with Gasteiger partial charge in [0.1, 0.15) is 12.4 Å². The van der Waals surface area contributed by atoms with E-state index in [1.165, 1.54) is 22.0 Å². The lowest BCUT2D eigenvalue weighted by atomic mass is 9.87. The molecule has 1 fully saturated rings. The second kappa shape index (κ2) is 10.2. The lowest BCUT2D eigenvalue weighted by Crippen LogP contribution is -2.29. The van der Waals surface area contributed by atoms with Gasteiger partial charge in [0, 0.05) is 42.5 Å². The van der Waals surface area contributed by atoms with Crippen molar-refractivity contribution in [1.82, 2.24) is 9.88 Å². The summed E-state index contributed by atoms with van der Waals surface area (Å²) in [7, 11) is 0. The molecule has 174 valence electrons. The second-order valence-corrected chi connectivity index (χ2v) is 9.13. The molecule has 4 nitrogen and oxygen atoms in total. The van der Waals surface area contributed by atoms with Crippen molar-refractivity contribution in [3.8, 4) is 5.75 Å². The number of carbonyl (C=O) groups is 1. The number of amides is 1. The van der Waals surface area contributed by atoms with Gasteiger partial charge in [-0.25, -0.2) is 0 Å². The third-order valence-electron chi connectivity index (χ3n) is 6.94. The minimum Gasteiger partial charge on any atom is -0.489 e. The quantitative estimate of drug-likeness (QED) is 0.334. The van der Waals surface area contributed by atoms with Gasteiger partial charge in [0.2, 0.25) is 5.91 Å². The summed E-state index contributed by atoms with van der Waals surface area (Å²) in [6.45, 7) is 4.45. The number of likely N-dealkylation sites (tertiary alicyclic amines) is 1. The van der Waals surface area contributed by atoms with Gasteiger partial charge < -0.3 is 14.6 Å². The normalized spacial score (nSPS) is 14.4. The van der Waals surface area contributed by atoms with Crippen LogP contribution in [0.1, 0.15) is 54.4 Å². The molecule has 5 rings (SSSR count).